The summed E-state index contributed by atoms with van der Waals surface area (Å²) in [5, 5.41) is 37.0. The van der Waals surface area contributed by atoms with Crippen LogP contribution in [0.2, 0.25) is 0 Å². The standard InChI is InChI=1S/C27H26N4O8/c28-18(12-14-11-13-5-1-2-6-15(13)17-8-4-3-7-16(14)17)24(35)30-20(26(36)37)23-21(33)22(34)25(39-23)31-10-9-19(32)29-27(31)38/h1-11,18,20-23,25,33-34H,12,28H2,(H,30,35)(H,36,37)(H,29,32,38)/t18?,20-,21-,22+,23+,25+/m0/s1. The molecule has 202 valence electrons. The van der Waals surface area contributed by atoms with Gasteiger partial charge in [-0.15, -0.1) is 0 Å². The van der Waals surface area contributed by atoms with Gasteiger partial charge in [0, 0.05) is 12.3 Å². The molecule has 0 bridgehead atoms. The Morgan fingerprint density at radius 1 is 1.00 bits per heavy atom. The summed E-state index contributed by atoms with van der Waals surface area (Å²) in [6.45, 7) is 0. The van der Waals surface area contributed by atoms with E-state index in [-0.39, 0.29) is 6.42 Å². The van der Waals surface area contributed by atoms with Crippen LogP contribution in [0.4, 0.5) is 0 Å². The predicted molar refractivity (Wildman–Crippen MR) is 140 cm³/mol. The normalized spacial score (nSPS) is 22.5. The lowest BCUT2D eigenvalue weighted by Crippen LogP contribution is -2.56. The average molecular weight is 535 g/mol. The number of nitrogens with one attached hydrogen (secondary N) is 2. The second-order valence-corrected chi connectivity index (χ2v) is 9.43. The number of rotatable bonds is 7. The van der Waals surface area contributed by atoms with Gasteiger partial charge >= 0.3 is 11.7 Å². The van der Waals surface area contributed by atoms with Crippen molar-refractivity contribution >= 4 is 33.4 Å². The summed E-state index contributed by atoms with van der Waals surface area (Å²) >= 11 is 0. The van der Waals surface area contributed by atoms with E-state index in [0.717, 1.165) is 43.9 Å². The first-order valence-electron chi connectivity index (χ1n) is 12.2. The zero-order chi connectivity index (χ0) is 27.8. The molecule has 0 spiro atoms. The predicted octanol–water partition coefficient (Wildman–Crippen LogP) is -0.398. The molecule has 1 aliphatic rings. The quantitative estimate of drug-likeness (QED) is 0.171. The number of carbonyl (C=O) groups is 2. The zero-order valence-corrected chi connectivity index (χ0v) is 20.4. The van der Waals surface area contributed by atoms with E-state index in [4.69, 9.17) is 10.5 Å². The highest BCUT2D eigenvalue weighted by Crippen LogP contribution is 2.31. The fourth-order valence-electron chi connectivity index (χ4n) is 4.99. The van der Waals surface area contributed by atoms with E-state index in [0.29, 0.717) is 0 Å². The third-order valence-electron chi connectivity index (χ3n) is 6.92. The maximum Gasteiger partial charge on any atom is 0.330 e. The van der Waals surface area contributed by atoms with Gasteiger partial charge < -0.3 is 31.1 Å². The molecule has 12 nitrogen and oxygen atoms in total. The number of nitrogens with zero attached hydrogens (tertiary/aromatic N) is 1. The van der Waals surface area contributed by atoms with Crippen molar-refractivity contribution in [1.82, 2.24) is 14.9 Å². The van der Waals surface area contributed by atoms with Crippen LogP contribution in [-0.4, -0.2) is 67.1 Å². The second kappa shape index (κ2) is 10.4. The van der Waals surface area contributed by atoms with Crippen LogP contribution < -0.4 is 22.3 Å². The molecule has 0 radical (unpaired) electrons. The van der Waals surface area contributed by atoms with Gasteiger partial charge in [-0.1, -0.05) is 54.6 Å². The number of ether oxygens (including phenoxy) is 1. The zero-order valence-electron chi connectivity index (χ0n) is 20.4. The van der Waals surface area contributed by atoms with E-state index < -0.39 is 59.7 Å². The Kier molecular flexibility index (Phi) is 7.02. The summed E-state index contributed by atoms with van der Waals surface area (Å²) in [4.78, 5) is 50.6. The molecule has 39 heavy (non-hydrogen) atoms. The number of carboxylic acids is 1. The molecular formula is C27H26N4O8. The Hall–Kier alpha value is -4.36. The highest BCUT2D eigenvalue weighted by Gasteiger charge is 2.50. The minimum atomic E-state index is -1.80. The number of hydrogen-bond donors (Lipinski definition) is 6. The molecule has 7 N–H and O–H groups in total. The molecule has 6 atom stereocenters. The second-order valence-electron chi connectivity index (χ2n) is 9.43. The van der Waals surface area contributed by atoms with Crippen molar-refractivity contribution in [3.05, 3.63) is 93.3 Å². The molecule has 1 amide bonds. The summed E-state index contributed by atoms with van der Waals surface area (Å²) in [5.41, 5.74) is 5.38. The molecule has 0 saturated carbocycles. The maximum atomic E-state index is 13.1. The molecule has 3 aromatic carbocycles. The molecule has 2 heterocycles. The van der Waals surface area contributed by atoms with Gasteiger partial charge in [0.05, 0.1) is 6.04 Å². The number of nitrogens with two attached hydrogens (primary N) is 1. The number of benzene rings is 3. The van der Waals surface area contributed by atoms with E-state index in [1.807, 2.05) is 59.6 Å². The number of hydrogen-bond acceptors (Lipinski definition) is 8. The van der Waals surface area contributed by atoms with E-state index in [1.165, 1.54) is 0 Å². The van der Waals surface area contributed by atoms with Crippen molar-refractivity contribution in [3.8, 4) is 0 Å². The van der Waals surface area contributed by atoms with Crippen molar-refractivity contribution in [2.75, 3.05) is 0 Å². The number of aliphatic carboxylic acids is 1. The SMILES string of the molecule is NC(Cc1cc2ccccc2c2ccccc12)C(=O)N[C@H](C(=O)O)[C@H]1O[C@@H](n2ccc(=O)[nH]c2=O)[C@H](O)[C@@H]1O. The van der Waals surface area contributed by atoms with Crippen molar-refractivity contribution in [1.29, 1.82) is 0 Å². The highest BCUT2D eigenvalue weighted by atomic mass is 16.6. The lowest BCUT2D eigenvalue weighted by molar-refractivity contribution is -0.149. The fraction of sp³-hybridized carbons (Fsp3) is 0.259. The number of carbonyl (C=O) groups excluding carboxylic acids is 1. The van der Waals surface area contributed by atoms with Crippen LogP contribution in [-0.2, 0) is 20.7 Å². The number of carboxylic acid groups (broad SMARTS) is 1. The lowest BCUT2D eigenvalue weighted by atomic mass is 9.93. The monoisotopic (exact) mass is 534 g/mol. The number of H-pyrrole nitrogens is 1. The van der Waals surface area contributed by atoms with Gasteiger partial charge in [0.15, 0.2) is 12.3 Å². The van der Waals surface area contributed by atoms with Crippen LogP contribution in [0.5, 0.6) is 0 Å². The molecule has 4 aromatic rings. The van der Waals surface area contributed by atoms with Gasteiger partial charge in [0.25, 0.3) is 5.56 Å². The number of aromatic nitrogens is 2. The van der Waals surface area contributed by atoms with Gasteiger partial charge in [-0.2, -0.15) is 0 Å². The van der Waals surface area contributed by atoms with Crippen LogP contribution in [0.1, 0.15) is 11.8 Å². The van der Waals surface area contributed by atoms with Crippen LogP contribution in [0.25, 0.3) is 21.5 Å². The number of amides is 1. The first-order valence-corrected chi connectivity index (χ1v) is 12.2. The Morgan fingerprint density at radius 2 is 1.67 bits per heavy atom. The highest BCUT2D eigenvalue weighted by molar-refractivity contribution is 6.09. The Balaban J connectivity index is 1.37. The third kappa shape index (κ3) is 4.93. The van der Waals surface area contributed by atoms with E-state index in [2.05, 4.69) is 5.32 Å². The average Bonchev–Trinajstić information content (AvgIpc) is 3.20. The number of aliphatic hydroxyl groups excluding tert-OH is 2. The summed E-state index contributed by atoms with van der Waals surface area (Å²) in [7, 11) is 0. The molecule has 12 heteroatoms. The van der Waals surface area contributed by atoms with Gasteiger partial charge in [-0.3, -0.25) is 19.1 Å². The molecule has 1 saturated heterocycles. The molecule has 1 unspecified atom stereocenters. The van der Waals surface area contributed by atoms with E-state index in [9.17, 15) is 34.5 Å². The summed E-state index contributed by atoms with van der Waals surface area (Å²) in [6, 6.07) is 15.5. The smallest absolute Gasteiger partial charge is 0.330 e. The largest absolute Gasteiger partial charge is 0.480 e. The number of fused-ring (bicyclic) bond motifs is 3. The van der Waals surface area contributed by atoms with Gasteiger partial charge in [-0.05, 0) is 33.5 Å². The summed E-state index contributed by atoms with van der Waals surface area (Å²) in [6.07, 6.45) is -5.51. The van der Waals surface area contributed by atoms with Crippen molar-refractivity contribution < 1.29 is 29.6 Å². The molecule has 1 aromatic heterocycles. The minimum absolute atomic E-state index is 0.0929. The van der Waals surface area contributed by atoms with Crippen LogP contribution >= 0.6 is 0 Å². The summed E-state index contributed by atoms with van der Waals surface area (Å²) < 4.78 is 6.34. The lowest BCUT2D eigenvalue weighted by Gasteiger charge is -2.25. The summed E-state index contributed by atoms with van der Waals surface area (Å²) in [5.74, 6) is -2.35. The van der Waals surface area contributed by atoms with Crippen LogP contribution in [0.15, 0.2) is 76.4 Å². The first-order chi connectivity index (χ1) is 18.7. The fourth-order valence-corrected chi connectivity index (χ4v) is 4.99. The molecule has 0 aliphatic carbocycles. The van der Waals surface area contributed by atoms with Crippen molar-refractivity contribution in [2.24, 2.45) is 5.73 Å². The first kappa shape index (κ1) is 26.3. The van der Waals surface area contributed by atoms with Crippen molar-refractivity contribution in [2.45, 2.75) is 43.0 Å². The number of aromatic amines is 1. The third-order valence-corrected chi connectivity index (χ3v) is 6.92. The van der Waals surface area contributed by atoms with Crippen LogP contribution in [0, 0.1) is 0 Å². The van der Waals surface area contributed by atoms with Crippen LogP contribution in [0.3, 0.4) is 0 Å². The molecule has 1 aliphatic heterocycles. The van der Waals surface area contributed by atoms with Gasteiger partial charge in [0.1, 0.15) is 18.3 Å². The van der Waals surface area contributed by atoms with Gasteiger partial charge in [-0.25, -0.2) is 9.59 Å². The number of aliphatic hydroxyl groups is 2. The Morgan fingerprint density at radius 3 is 2.36 bits per heavy atom. The van der Waals surface area contributed by atoms with E-state index >= 15 is 0 Å². The topological polar surface area (TPSA) is 197 Å². The maximum absolute atomic E-state index is 13.1. The van der Waals surface area contributed by atoms with Gasteiger partial charge in [0.2, 0.25) is 5.91 Å². The Bertz CT molecular complexity index is 1680. The molecule has 5 rings (SSSR count). The minimum Gasteiger partial charge on any atom is -0.480 e. The van der Waals surface area contributed by atoms with E-state index in [1.54, 1.807) is 0 Å². The molecule has 1 fully saturated rings. The Labute approximate surface area is 220 Å². The van der Waals surface area contributed by atoms with Crippen molar-refractivity contribution in [3.63, 3.8) is 0 Å². The molecular weight excluding hydrogens is 508 g/mol.